The molecule has 0 fully saturated rings. The Kier molecular flexibility index (Phi) is 3.46. The maximum atomic E-state index is 13.2. The van der Waals surface area contributed by atoms with E-state index in [-0.39, 0.29) is 0 Å². The van der Waals surface area contributed by atoms with Gasteiger partial charge in [0.25, 0.3) is 0 Å². The molecular formula is C11H7F2NO2. The second kappa shape index (κ2) is 4.62. The highest BCUT2D eigenvalue weighted by Gasteiger charge is 2.26. The lowest BCUT2D eigenvalue weighted by atomic mass is 9.95. The van der Waals surface area contributed by atoms with Crippen LogP contribution in [0.4, 0.5) is 8.78 Å². The lowest BCUT2D eigenvalue weighted by Gasteiger charge is -2.05. The second-order valence-corrected chi connectivity index (χ2v) is 3.16. The highest BCUT2D eigenvalue weighted by atomic mass is 19.1. The van der Waals surface area contributed by atoms with Gasteiger partial charge in [0.2, 0.25) is 0 Å². The second-order valence-electron chi connectivity index (χ2n) is 3.16. The predicted octanol–water partition coefficient (Wildman–Crippen LogP) is 1.88. The smallest absolute Gasteiger partial charge is 0.190 e. The van der Waals surface area contributed by atoms with Crippen molar-refractivity contribution in [3.8, 4) is 6.07 Å². The summed E-state index contributed by atoms with van der Waals surface area (Å²) in [5.41, 5.74) is -0.582. The number of hydrogen-bond acceptors (Lipinski definition) is 3. The van der Waals surface area contributed by atoms with E-state index < -0.39 is 34.7 Å². The molecule has 0 radical (unpaired) electrons. The molecule has 5 heteroatoms. The maximum Gasteiger partial charge on any atom is 0.190 e. The van der Waals surface area contributed by atoms with Gasteiger partial charge < -0.3 is 0 Å². The molecule has 0 bridgehead atoms. The zero-order chi connectivity index (χ0) is 12.3. The molecule has 1 unspecified atom stereocenters. The van der Waals surface area contributed by atoms with E-state index in [1.807, 2.05) is 0 Å². The molecule has 0 spiro atoms. The van der Waals surface area contributed by atoms with Gasteiger partial charge >= 0.3 is 0 Å². The fourth-order valence-corrected chi connectivity index (χ4v) is 1.18. The van der Waals surface area contributed by atoms with Crippen LogP contribution in [-0.4, -0.2) is 11.6 Å². The Balaban J connectivity index is 3.19. The van der Waals surface area contributed by atoms with Crippen molar-refractivity contribution in [2.45, 2.75) is 6.92 Å². The number of Topliss-reactive ketones (excluding diaryl/α,β-unsaturated/α-hetero) is 2. The number of rotatable bonds is 3. The van der Waals surface area contributed by atoms with Gasteiger partial charge in [-0.25, -0.2) is 8.78 Å². The third-order valence-electron chi connectivity index (χ3n) is 1.99. The van der Waals surface area contributed by atoms with Crippen LogP contribution < -0.4 is 0 Å². The van der Waals surface area contributed by atoms with Crippen molar-refractivity contribution in [1.82, 2.24) is 0 Å². The van der Waals surface area contributed by atoms with Crippen molar-refractivity contribution >= 4 is 11.6 Å². The van der Waals surface area contributed by atoms with Crippen molar-refractivity contribution < 1.29 is 18.4 Å². The number of hydrogen-bond donors (Lipinski definition) is 0. The first kappa shape index (κ1) is 12.0. The van der Waals surface area contributed by atoms with Gasteiger partial charge in [-0.3, -0.25) is 9.59 Å². The van der Waals surface area contributed by atoms with Crippen LogP contribution in [0.15, 0.2) is 18.2 Å². The van der Waals surface area contributed by atoms with Crippen LogP contribution in [0.2, 0.25) is 0 Å². The third-order valence-corrected chi connectivity index (χ3v) is 1.99. The minimum absolute atomic E-state index is 0.582. The summed E-state index contributed by atoms with van der Waals surface area (Å²) in [6, 6.07) is 3.75. The fourth-order valence-electron chi connectivity index (χ4n) is 1.18. The third kappa shape index (κ3) is 2.28. The molecule has 0 N–H and O–H groups in total. The first-order valence-corrected chi connectivity index (χ1v) is 4.36. The standard InChI is InChI=1S/C11H7F2NO2/c1-6(15)9(5-14)11(16)8-4-7(12)2-3-10(8)13/h2-4,9H,1H3. The minimum atomic E-state index is -1.59. The van der Waals surface area contributed by atoms with E-state index in [9.17, 15) is 18.4 Å². The molecule has 0 saturated heterocycles. The molecule has 0 heterocycles. The molecule has 16 heavy (non-hydrogen) atoms. The lowest BCUT2D eigenvalue weighted by Crippen LogP contribution is -2.21. The van der Waals surface area contributed by atoms with E-state index in [0.29, 0.717) is 6.07 Å². The first-order chi connectivity index (χ1) is 7.47. The van der Waals surface area contributed by atoms with Gasteiger partial charge in [0.05, 0.1) is 11.6 Å². The highest BCUT2D eigenvalue weighted by molar-refractivity contribution is 6.12. The van der Waals surface area contributed by atoms with Gasteiger partial charge in [-0.05, 0) is 25.1 Å². The number of ketones is 2. The van der Waals surface area contributed by atoms with E-state index in [0.717, 1.165) is 19.1 Å². The van der Waals surface area contributed by atoms with E-state index >= 15 is 0 Å². The molecule has 0 aromatic heterocycles. The summed E-state index contributed by atoms with van der Waals surface area (Å²) in [7, 11) is 0. The minimum Gasteiger partial charge on any atom is -0.298 e. The average Bonchev–Trinajstić information content (AvgIpc) is 2.22. The number of halogens is 2. The molecule has 82 valence electrons. The normalized spacial score (nSPS) is 11.6. The summed E-state index contributed by atoms with van der Waals surface area (Å²) in [4.78, 5) is 22.5. The predicted molar refractivity (Wildman–Crippen MR) is 50.5 cm³/mol. The molecule has 1 aromatic rings. The van der Waals surface area contributed by atoms with Gasteiger partial charge in [0.15, 0.2) is 17.5 Å². The molecule has 1 rings (SSSR count). The Morgan fingerprint density at radius 1 is 1.38 bits per heavy atom. The largest absolute Gasteiger partial charge is 0.298 e. The molecule has 0 aliphatic carbocycles. The molecule has 0 aliphatic heterocycles. The van der Waals surface area contributed by atoms with Crippen LogP contribution in [0, 0.1) is 28.9 Å². The molecule has 0 aliphatic rings. The van der Waals surface area contributed by atoms with E-state index in [4.69, 9.17) is 5.26 Å². The molecule has 1 atom stereocenters. The van der Waals surface area contributed by atoms with Crippen LogP contribution >= 0.6 is 0 Å². The summed E-state index contributed by atoms with van der Waals surface area (Å²) in [5, 5.41) is 8.58. The summed E-state index contributed by atoms with van der Waals surface area (Å²) < 4.78 is 26.0. The zero-order valence-electron chi connectivity index (χ0n) is 8.33. The summed E-state index contributed by atoms with van der Waals surface area (Å²) in [5.74, 6) is -5.06. The van der Waals surface area contributed by atoms with Crippen molar-refractivity contribution in [2.24, 2.45) is 5.92 Å². The average molecular weight is 223 g/mol. The molecular weight excluding hydrogens is 216 g/mol. The Morgan fingerprint density at radius 2 is 2.00 bits per heavy atom. The number of nitrogens with zero attached hydrogens (tertiary/aromatic N) is 1. The number of carbonyl (C=O) groups excluding carboxylic acids is 2. The van der Waals surface area contributed by atoms with E-state index in [1.165, 1.54) is 6.07 Å². The van der Waals surface area contributed by atoms with Gasteiger partial charge in [-0.1, -0.05) is 0 Å². The van der Waals surface area contributed by atoms with Crippen LogP contribution in [-0.2, 0) is 4.79 Å². The van der Waals surface area contributed by atoms with Crippen LogP contribution in [0.3, 0.4) is 0 Å². The Bertz CT molecular complexity index is 491. The van der Waals surface area contributed by atoms with Crippen molar-refractivity contribution in [3.63, 3.8) is 0 Å². The summed E-state index contributed by atoms with van der Waals surface area (Å²) >= 11 is 0. The van der Waals surface area contributed by atoms with E-state index in [2.05, 4.69) is 0 Å². The van der Waals surface area contributed by atoms with Crippen LogP contribution in [0.1, 0.15) is 17.3 Å². The van der Waals surface area contributed by atoms with Gasteiger partial charge in [0, 0.05) is 0 Å². The van der Waals surface area contributed by atoms with Crippen molar-refractivity contribution in [2.75, 3.05) is 0 Å². The van der Waals surface area contributed by atoms with Crippen LogP contribution in [0.25, 0.3) is 0 Å². The number of benzene rings is 1. The van der Waals surface area contributed by atoms with Crippen molar-refractivity contribution in [1.29, 1.82) is 5.26 Å². The molecule has 0 saturated carbocycles. The fraction of sp³-hybridized carbons (Fsp3) is 0.182. The first-order valence-electron chi connectivity index (χ1n) is 4.36. The molecule has 3 nitrogen and oxygen atoms in total. The zero-order valence-corrected chi connectivity index (χ0v) is 8.33. The van der Waals surface area contributed by atoms with Crippen LogP contribution in [0.5, 0.6) is 0 Å². The Hall–Kier alpha value is -2.09. The SMILES string of the molecule is CC(=O)C(C#N)C(=O)c1cc(F)ccc1F. The monoisotopic (exact) mass is 223 g/mol. The lowest BCUT2D eigenvalue weighted by molar-refractivity contribution is -0.118. The van der Waals surface area contributed by atoms with Gasteiger partial charge in [-0.2, -0.15) is 5.26 Å². The topological polar surface area (TPSA) is 57.9 Å². The Morgan fingerprint density at radius 3 is 2.50 bits per heavy atom. The highest BCUT2D eigenvalue weighted by Crippen LogP contribution is 2.15. The maximum absolute atomic E-state index is 13.2. The number of carbonyl (C=O) groups is 2. The van der Waals surface area contributed by atoms with Gasteiger partial charge in [-0.15, -0.1) is 0 Å². The molecule has 0 amide bonds. The summed E-state index contributed by atoms with van der Waals surface area (Å²) in [6.45, 7) is 1.04. The quantitative estimate of drug-likeness (QED) is 0.580. The molecule has 1 aromatic carbocycles. The van der Waals surface area contributed by atoms with Gasteiger partial charge in [0.1, 0.15) is 11.6 Å². The Labute approximate surface area is 90.3 Å². The van der Waals surface area contributed by atoms with E-state index in [1.54, 1.807) is 0 Å². The number of nitriles is 1. The van der Waals surface area contributed by atoms with Crippen molar-refractivity contribution in [3.05, 3.63) is 35.4 Å². The summed E-state index contributed by atoms with van der Waals surface area (Å²) in [6.07, 6.45) is 0.